The molecule has 146 valence electrons. The molecule has 1 aromatic heterocycles. The lowest BCUT2D eigenvalue weighted by Gasteiger charge is -2.08. The first-order valence-electron chi connectivity index (χ1n) is 8.67. The van der Waals surface area contributed by atoms with Crippen molar-refractivity contribution >= 4 is 26.8 Å². The highest BCUT2D eigenvalue weighted by Gasteiger charge is 2.08. The van der Waals surface area contributed by atoms with E-state index in [-0.39, 0.29) is 29.3 Å². The molecular weight excluding hydrogens is 380 g/mol. The van der Waals surface area contributed by atoms with E-state index in [0.29, 0.717) is 23.9 Å². The number of carbonyl (C=O) groups is 1. The predicted molar refractivity (Wildman–Crippen MR) is 105 cm³/mol. The SMILES string of the molecule is NS(=O)(=O)c1ccc(CCNC(=O)CCn2cnc3ccccc3c2=O)cc1. The summed E-state index contributed by atoms with van der Waals surface area (Å²) in [5.41, 5.74) is 1.33. The number of primary sulfonamides is 1. The number of benzene rings is 2. The van der Waals surface area contributed by atoms with E-state index in [1.165, 1.54) is 23.0 Å². The quantitative estimate of drug-likeness (QED) is 0.607. The van der Waals surface area contributed by atoms with Crippen LogP contribution in [0.4, 0.5) is 0 Å². The Morgan fingerprint density at radius 3 is 2.54 bits per heavy atom. The van der Waals surface area contributed by atoms with Crippen molar-refractivity contribution in [2.45, 2.75) is 24.3 Å². The maximum Gasteiger partial charge on any atom is 0.261 e. The Morgan fingerprint density at radius 1 is 1.11 bits per heavy atom. The molecule has 8 nitrogen and oxygen atoms in total. The van der Waals surface area contributed by atoms with Gasteiger partial charge in [0.05, 0.1) is 22.1 Å². The molecule has 0 aliphatic carbocycles. The fourth-order valence-electron chi connectivity index (χ4n) is 2.77. The molecular formula is C19H20N4O4S. The van der Waals surface area contributed by atoms with Gasteiger partial charge < -0.3 is 5.32 Å². The van der Waals surface area contributed by atoms with Crippen LogP contribution >= 0.6 is 0 Å². The van der Waals surface area contributed by atoms with Crippen LogP contribution in [0.3, 0.4) is 0 Å². The molecule has 0 unspecified atom stereocenters. The molecule has 0 bridgehead atoms. The number of aromatic nitrogens is 2. The smallest absolute Gasteiger partial charge is 0.261 e. The Balaban J connectivity index is 1.50. The largest absolute Gasteiger partial charge is 0.356 e. The number of para-hydroxylation sites is 1. The number of nitrogens with one attached hydrogen (secondary N) is 1. The zero-order chi connectivity index (χ0) is 20.1. The second-order valence-electron chi connectivity index (χ2n) is 6.30. The van der Waals surface area contributed by atoms with E-state index in [1.807, 2.05) is 6.07 Å². The van der Waals surface area contributed by atoms with Gasteiger partial charge in [-0.3, -0.25) is 14.2 Å². The number of carbonyl (C=O) groups excluding carboxylic acids is 1. The van der Waals surface area contributed by atoms with E-state index in [9.17, 15) is 18.0 Å². The van der Waals surface area contributed by atoms with Gasteiger partial charge in [-0.25, -0.2) is 18.5 Å². The van der Waals surface area contributed by atoms with Crippen molar-refractivity contribution in [1.82, 2.24) is 14.9 Å². The number of rotatable bonds is 7. The lowest BCUT2D eigenvalue weighted by molar-refractivity contribution is -0.121. The number of sulfonamides is 1. The van der Waals surface area contributed by atoms with Crippen LogP contribution in [0.2, 0.25) is 0 Å². The van der Waals surface area contributed by atoms with E-state index in [2.05, 4.69) is 10.3 Å². The first kappa shape index (κ1) is 19.7. The molecule has 2 aromatic carbocycles. The lowest BCUT2D eigenvalue weighted by atomic mass is 10.1. The Kier molecular flexibility index (Phi) is 5.86. The summed E-state index contributed by atoms with van der Waals surface area (Å²) < 4.78 is 23.9. The molecule has 0 spiro atoms. The van der Waals surface area contributed by atoms with Crippen molar-refractivity contribution in [3.8, 4) is 0 Å². The predicted octanol–water partition coefficient (Wildman–Crippen LogP) is 0.793. The van der Waals surface area contributed by atoms with Crippen LogP contribution in [0.5, 0.6) is 0 Å². The molecule has 28 heavy (non-hydrogen) atoms. The summed E-state index contributed by atoms with van der Waals surface area (Å²) in [6.45, 7) is 0.643. The summed E-state index contributed by atoms with van der Waals surface area (Å²) in [7, 11) is -3.71. The third-order valence-corrected chi connectivity index (χ3v) is 5.23. The average Bonchev–Trinajstić information content (AvgIpc) is 2.67. The topological polar surface area (TPSA) is 124 Å². The summed E-state index contributed by atoms with van der Waals surface area (Å²) >= 11 is 0. The summed E-state index contributed by atoms with van der Waals surface area (Å²) in [6.07, 6.45) is 2.16. The normalized spacial score (nSPS) is 11.5. The standard InChI is InChI=1S/C19H20N4O4S/c20-28(26,27)15-7-5-14(6-8-15)9-11-21-18(24)10-12-23-13-22-17-4-2-1-3-16(17)19(23)25/h1-8,13H,9-12H2,(H,21,24)(H2,20,26,27). The minimum Gasteiger partial charge on any atom is -0.356 e. The Hall–Kier alpha value is -3.04. The van der Waals surface area contributed by atoms with E-state index < -0.39 is 10.0 Å². The van der Waals surface area contributed by atoms with E-state index >= 15 is 0 Å². The van der Waals surface area contributed by atoms with Crippen molar-refractivity contribution in [2.24, 2.45) is 5.14 Å². The first-order valence-corrected chi connectivity index (χ1v) is 10.2. The van der Waals surface area contributed by atoms with E-state index in [4.69, 9.17) is 5.14 Å². The molecule has 9 heteroatoms. The van der Waals surface area contributed by atoms with E-state index in [0.717, 1.165) is 5.56 Å². The minimum absolute atomic E-state index is 0.0507. The van der Waals surface area contributed by atoms with Crippen LogP contribution in [0, 0.1) is 0 Å². The van der Waals surface area contributed by atoms with Crippen LogP contribution in [0.25, 0.3) is 10.9 Å². The molecule has 0 atom stereocenters. The first-order chi connectivity index (χ1) is 13.3. The Morgan fingerprint density at radius 2 is 1.82 bits per heavy atom. The zero-order valence-corrected chi connectivity index (χ0v) is 15.9. The van der Waals surface area contributed by atoms with E-state index in [1.54, 1.807) is 30.3 Å². The van der Waals surface area contributed by atoms with Crippen LogP contribution in [0.1, 0.15) is 12.0 Å². The number of fused-ring (bicyclic) bond motifs is 1. The molecule has 0 saturated carbocycles. The summed E-state index contributed by atoms with van der Waals surface area (Å²) in [6, 6.07) is 13.3. The maximum atomic E-state index is 12.4. The second kappa shape index (κ2) is 8.32. The van der Waals surface area contributed by atoms with Gasteiger partial charge in [-0.15, -0.1) is 0 Å². The lowest BCUT2D eigenvalue weighted by Crippen LogP contribution is -2.29. The maximum absolute atomic E-state index is 12.4. The number of amides is 1. The van der Waals surface area contributed by atoms with Gasteiger partial charge in [0.1, 0.15) is 0 Å². The number of aryl methyl sites for hydroxylation is 1. The molecule has 0 radical (unpaired) electrons. The van der Waals surface area contributed by atoms with Gasteiger partial charge >= 0.3 is 0 Å². The second-order valence-corrected chi connectivity index (χ2v) is 7.86. The van der Waals surface area contributed by atoms with Gasteiger partial charge in [0.25, 0.3) is 5.56 Å². The number of hydrogen-bond acceptors (Lipinski definition) is 5. The van der Waals surface area contributed by atoms with Crippen molar-refractivity contribution in [3.05, 3.63) is 70.8 Å². The van der Waals surface area contributed by atoms with Gasteiger partial charge in [-0.2, -0.15) is 0 Å². The van der Waals surface area contributed by atoms with Crippen molar-refractivity contribution < 1.29 is 13.2 Å². The average molecular weight is 400 g/mol. The Labute approximate surface area is 162 Å². The fourth-order valence-corrected chi connectivity index (χ4v) is 3.28. The molecule has 0 aliphatic heterocycles. The Bertz CT molecular complexity index is 1150. The zero-order valence-electron chi connectivity index (χ0n) is 15.0. The summed E-state index contributed by atoms with van der Waals surface area (Å²) in [5.74, 6) is -0.179. The van der Waals surface area contributed by atoms with Gasteiger partial charge in [0.2, 0.25) is 15.9 Å². The highest BCUT2D eigenvalue weighted by Crippen LogP contribution is 2.09. The number of hydrogen-bond donors (Lipinski definition) is 2. The summed E-state index contributed by atoms with van der Waals surface area (Å²) in [5, 5.41) is 8.36. The van der Waals surface area contributed by atoms with Crippen LogP contribution in [0.15, 0.2) is 64.5 Å². The third kappa shape index (κ3) is 4.81. The molecule has 3 aromatic rings. The van der Waals surface area contributed by atoms with Crippen LogP contribution in [-0.4, -0.2) is 30.4 Å². The van der Waals surface area contributed by atoms with Crippen LogP contribution < -0.4 is 16.0 Å². The summed E-state index contributed by atoms with van der Waals surface area (Å²) in [4.78, 5) is 28.7. The third-order valence-electron chi connectivity index (χ3n) is 4.30. The highest BCUT2D eigenvalue weighted by atomic mass is 32.2. The number of nitrogens with two attached hydrogens (primary N) is 1. The van der Waals surface area contributed by atoms with Crippen molar-refractivity contribution in [1.29, 1.82) is 0 Å². The molecule has 0 fully saturated rings. The van der Waals surface area contributed by atoms with Crippen LogP contribution in [-0.2, 0) is 27.8 Å². The van der Waals surface area contributed by atoms with Crippen molar-refractivity contribution in [3.63, 3.8) is 0 Å². The highest BCUT2D eigenvalue weighted by molar-refractivity contribution is 7.89. The van der Waals surface area contributed by atoms with Gasteiger partial charge in [-0.05, 0) is 36.2 Å². The van der Waals surface area contributed by atoms with Gasteiger partial charge in [0.15, 0.2) is 0 Å². The molecule has 1 amide bonds. The molecule has 1 heterocycles. The molecule has 0 saturated heterocycles. The number of nitrogens with zero attached hydrogens (tertiary/aromatic N) is 2. The monoisotopic (exact) mass is 400 g/mol. The fraction of sp³-hybridized carbons (Fsp3) is 0.211. The molecule has 3 N–H and O–H groups in total. The molecule has 0 aliphatic rings. The van der Waals surface area contributed by atoms with Gasteiger partial charge in [0, 0.05) is 19.5 Å². The van der Waals surface area contributed by atoms with Crippen molar-refractivity contribution in [2.75, 3.05) is 6.54 Å². The minimum atomic E-state index is -3.71. The van der Waals surface area contributed by atoms with Gasteiger partial charge in [-0.1, -0.05) is 24.3 Å². The molecule has 3 rings (SSSR count).